The summed E-state index contributed by atoms with van der Waals surface area (Å²) < 4.78 is 2.54. The number of nitrogens with zero attached hydrogens (tertiary/aromatic N) is 3. The number of thiophene rings is 1. The van der Waals surface area contributed by atoms with Gasteiger partial charge in [-0.1, -0.05) is 152 Å². The van der Waals surface area contributed by atoms with Crippen molar-refractivity contribution < 1.29 is 0 Å². The second kappa shape index (κ2) is 11.7. The van der Waals surface area contributed by atoms with Gasteiger partial charge in [0.05, 0.1) is 22.6 Å². The lowest BCUT2D eigenvalue weighted by molar-refractivity contribution is 1.19. The normalized spacial score (nSPS) is 12.0. The van der Waals surface area contributed by atoms with Gasteiger partial charge in [0.2, 0.25) is 0 Å². The van der Waals surface area contributed by atoms with Crippen molar-refractivity contribution in [3.63, 3.8) is 0 Å². The highest BCUT2D eigenvalue weighted by molar-refractivity contribution is 7.26. The molecule has 0 saturated carbocycles. The van der Waals surface area contributed by atoms with Crippen molar-refractivity contribution in [2.75, 3.05) is 0 Å². The Morgan fingerprint density at radius 1 is 0.364 bits per heavy atom. The standard InChI is InChI=1S/C51H29N3S/c1-2-11-30(12-3-1)43-29-44(54-51(53-43)39-26-24-33-22-21-31-13-10-14-32-23-25-37(39)47(33)46(31)32)36-27-28-38(35-16-5-4-15-34(35)36)49-48-41-18-7-9-20-45(41)55-50(48)40-17-6-8-19-42(40)52-49/h1-29H. The largest absolute Gasteiger partial charge is 0.247 e. The summed E-state index contributed by atoms with van der Waals surface area (Å²) in [5.41, 5.74) is 8.04. The van der Waals surface area contributed by atoms with Crippen molar-refractivity contribution in [2.45, 2.75) is 0 Å². The molecule has 0 spiro atoms. The summed E-state index contributed by atoms with van der Waals surface area (Å²) in [6, 6.07) is 62.9. The van der Waals surface area contributed by atoms with Crippen LogP contribution in [0, 0.1) is 0 Å². The van der Waals surface area contributed by atoms with Crippen molar-refractivity contribution in [1.29, 1.82) is 0 Å². The molecule has 0 radical (unpaired) electrons. The third-order valence-electron chi connectivity index (χ3n) is 11.2. The van der Waals surface area contributed by atoms with Gasteiger partial charge in [0, 0.05) is 47.8 Å². The van der Waals surface area contributed by atoms with E-state index in [1.165, 1.54) is 52.5 Å². The van der Waals surface area contributed by atoms with Crippen LogP contribution < -0.4 is 0 Å². The van der Waals surface area contributed by atoms with E-state index < -0.39 is 0 Å². The lowest BCUT2D eigenvalue weighted by Crippen LogP contribution is -1.98. The van der Waals surface area contributed by atoms with E-state index in [1.807, 2.05) is 17.4 Å². The van der Waals surface area contributed by atoms with Gasteiger partial charge in [0.1, 0.15) is 0 Å². The van der Waals surface area contributed by atoms with Gasteiger partial charge in [-0.2, -0.15) is 0 Å². The van der Waals surface area contributed by atoms with Gasteiger partial charge in [0.25, 0.3) is 0 Å². The zero-order chi connectivity index (χ0) is 36.0. The Hall–Kier alpha value is -7.01. The molecule has 0 saturated heterocycles. The molecule has 254 valence electrons. The third-order valence-corrected chi connectivity index (χ3v) is 12.4. The second-order valence-electron chi connectivity index (χ2n) is 14.3. The van der Waals surface area contributed by atoms with E-state index in [0.29, 0.717) is 5.82 Å². The molecule has 0 bridgehead atoms. The van der Waals surface area contributed by atoms with Crippen LogP contribution >= 0.6 is 11.3 Å². The fraction of sp³-hybridized carbons (Fsp3) is 0. The molecule has 4 heteroatoms. The molecule has 0 aliphatic heterocycles. The average molecular weight is 716 g/mol. The number of aromatic nitrogens is 3. The number of rotatable bonds is 4. The fourth-order valence-electron chi connectivity index (χ4n) is 8.73. The first kappa shape index (κ1) is 30.5. The van der Waals surface area contributed by atoms with Crippen LogP contribution in [0.1, 0.15) is 0 Å². The molecule has 0 amide bonds. The summed E-state index contributed by atoms with van der Waals surface area (Å²) in [5, 5.41) is 13.3. The summed E-state index contributed by atoms with van der Waals surface area (Å²) in [6.45, 7) is 0. The summed E-state index contributed by atoms with van der Waals surface area (Å²) in [6.07, 6.45) is 0. The van der Waals surface area contributed by atoms with Gasteiger partial charge in [0.15, 0.2) is 5.82 Å². The minimum Gasteiger partial charge on any atom is -0.247 e. The van der Waals surface area contributed by atoms with Crippen LogP contribution in [0.5, 0.6) is 0 Å². The number of hydrogen-bond donors (Lipinski definition) is 0. The summed E-state index contributed by atoms with van der Waals surface area (Å²) in [7, 11) is 0. The smallest absolute Gasteiger partial charge is 0.161 e. The Kier molecular flexibility index (Phi) is 6.50. The SMILES string of the molecule is c1ccc(-c2cc(-c3ccc(-c4nc5ccccc5c5sc6ccccc6c45)c4ccccc34)nc(-c3ccc4ccc5cccc6ccc3c4c56)n2)cc1. The molecule has 0 aliphatic carbocycles. The molecule has 0 aliphatic rings. The van der Waals surface area contributed by atoms with Gasteiger partial charge in [-0.25, -0.2) is 15.0 Å². The predicted octanol–water partition coefficient (Wildman–Crippen LogP) is 14.1. The molecule has 3 nitrogen and oxygen atoms in total. The molecule has 0 fully saturated rings. The van der Waals surface area contributed by atoms with Crippen LogP contribution in [0.2, 0.25) is 0 Å². The number of fused-ring (bicyclic) bond motifs is 6. The van der Waals surface area contributed by atoms with E-state index >= 15 is 0 Å². The first-order valence-electron chi connectivity index (χ1n) is 18.6. The molecular weight excluding hydrogens is 687 g/mol. The maximum atomic E-state index is 5.43. The summed E-state index contributed by atoms with van der Waals surface area (Å²) in [5.74, 6) is 0.713. The van der Waals surface area contributed by atoms with Gasteiger partial charge in [-0.15, -0.1) is 11.3 Å². The highest BCUT2D eigenvalue weighted by atomic mass is 32.1. The van der Waals surface area contributed by atoms with Crippen LogP contribution in [0.25, 0.3) is 119 Å². The van der Waals surface area contributed by atoms with Gasteiger partial charge in [-0.05, 0) is 67.4 Å². The van der Waals surface area contributed by atoms with Crippen molar-refractivity contribution in [2.24, 2.45) is 0 Å². The molecule has 3 aromatic heterocycles. The summed E-state index contributed by atoms with van der Waals surface area (Å²) in [4.78, 5) is 16.1. The van der Waals surface area contributed by atoms with Crippen molar-refractivity contribution >= 4 is 85.5 Å². The van der Waals surface area contributed by atoms with E-state index in [9.17, 15) is 0 Å². The monoisotopic (exact) mass is 715 g/mol. The fourth-order valence-corrected chi connectivity index (χ4v) is 9.96. The molecule has 12 rings (SSSR count). The Bertz CT molecular complexity index is 3480. The molecule has 0 N–H and O–H groups in total. The Morgan fingerprint density at radius 2 is 0.982 bits per heavy atom. The van der Waals surface area contributed by atoms with Gasteiger partial charge in [-0.3, -0.25) is 0 Å². The van der Waals surface area contributed by atoms with Crippen LogP contribution in [-0.2, 0) is 0 Å². The first-order valence-corrected chi connectivity index (χ1v) is 19.4. The number of para-hydroxylation sites is 1. The molecule has 55 heavy (non-hydrogen) atoms. The van der Waals surface area contributed by atoms with E-state index in [2.05, 4.69) is 170 Å². The van der Waals surface area contributed by atoms with E-state index in [1.54, 1.807) is 0 Å². The number of benzene rings is 9. The Morgan fingerprint density at radius 3 is 1.82 bits per heavy atom. The van der Waals surface area contributed by atoms with Crippen LogP contribution in [-0.4, -0.2) is 15.0 Å². The molecule has 0 atom stereocenters. The zero-order valence-corrected chi connectivity index (χ0v) is 30.3. The molecule has 9 aromatic carbocycles. The summed E-state index contributed by atoms with van der Waals surface area (Å²) >= 11 is 1.85. The van der Waals surface area contributed by atoms with Crippen molar-refractivity contribution in [3.8, 4) is 45.2 Å². The predicted molar refractivity (Wildman–Crippen MR) is 233 cm³/mol. The molecule has 3 heterocycles. The number of pyridine rings is 1. The lowest BCUT2D eigenvalue weighted by atomic mass is 9.91. The highest BCUT2D eigenvalue weighted by Crippen LogP contribution is 2.46. The second-order valence-corrected chi connectivity index (χ2v) is 15.3. The molecule has 12 aromatic rings. The Balaban J connectivity index is 1.12. The number of hydrogen-bond acceptors (Lipinski definition) is 4. The minimum atomic E-state index is 0.713. The third kappa shape index (κ3) is 4.59. The maximum absolute atomic E-state index is 5.43. The highest BCUT2D eigenvalue weighted by Gasteiger charge is 2.21. The van der Waals surface area contributed by atoms with Crippen LogP contribution in [0.3, 0.4) is 0 Å². The first-order chi connectivity index (χ1) is 27.3. The zero-order valence-electron chi connectivity index (χ0n) is 29.5. The molecular formula is C51H29N3S. The minimum absolute atomic E-state index is 0.713. The molecule has 0 unspecified atom stereocenters. The van der Waals surface area contributed by atoms with Crippen molar-refractivity contribution in [1.82, 2.24) is 15.0 Å². The van der Waals surface area contributed by atoms with Gasteiger partial charge >= 0.3 is 0 Å². The van der Waals surface area contributed by atoms with E-state index in [4.69, 9.17) is 15.0 Å². The van der Waals surface area contributed by atoms with Gasteiger partial charge < -0.3 is 0 Å². The van der Waals surface area contributed by atoms with Crippen LogP contribution in [0.15, 0.2) is 176 Å². The van der Waals surface area contributed by atoms with E-state index in [0.717, 1.165) is 61.0 Å². The average Bonchev–Trinajstić information content (AvgIpc) is 3.65. The Labute approximate surface area is 320 Å². The lowest BCUT2D eigenvalue weighted by Gasteiger charge is -2.16. The topological polar surface area (TPSA) is 38.7 Å². The van der Waals surface area contributed by atoms with E-state index in [-0.39, 0.29) is 0 Å². The quantitative estimate of drug-likeness (QED) is 0.170. The van der Waals surface area contributed by atoms with Crippen molar-refractivity contribution in [3.05, 3.63) is 176 Å². The van der Waals surface area contributed by atoms with Crippen LogP contribution in [0.4, 0.5) is 0 Å². The maximum Gasteiger partial charge on any atom is 0.161 e.